The summed E-state index contributed by atoms with van der Waals surface area (Å²) in [5, 5.41) is 11.8. The SMILES string of the molecule is CCC1(O)C(=O)OCc2c1cc1n(c2=O)Cc2cc3c(CN(C)C)c(OC(C)=O)ccc3nc2-1. The van der Waals surface area contributed by atoms with E-state index in [9.17, 15) is 19.5 Å². The molecule has 1 atom stereocenters. The first-order valence-corrected chi connectivity index (χ1v) is 11.1. The number of esters is 2. The van der Waals surface area contributed by atoms with E-state index in [4.69, 9.17) is 14.5 Å². The molecular formula is C25H25N3O6. The third-order valence-corrected chi connectivity index (χ3v) is 6.49. The Labute approximate surface area is 195 Å². The molecule has 0 radical (unpaired) electrons. The second-order valence-electron chi connectivity index (χ2n) is 9.04. The van der Waals surface area contributed by atoms with Gasteiger partial charge < -0.3 is 24.0 Å². The van der Waals surface area contributed by atoms with Gasteiger partial charge in [-0.3, -0.25) is 9.59 Å². The van der Waals surface area contributed by atoms with Crippen LogP contribution in [-0.2, 0) is 39.6 Å². The van der Waals surface area contributed by atoms with Crippen LogP contribution < -0.4 is 10.3 Å². The van der Waals surface area contributed by atoms with Crippen molar-refractivity contribution in [3.05, 3.63) is 56.9 Å². The van der Waals surface area contributed by atoms with Crippen molar-refractivity contribution in [1.82, 2.24) is 14.5 Å². The van der Waals surface area contributed by atoms with Gasteiger partial charge in [-0.25, -0.2) is 9.78 Å². The van der Waals surface area contributed by atoms with Crippen LogP contribution in [0.15, 0.2) is 29.1 Å². The van der Waals surface area contributed by atoms with Gasteiger partial charge in [-0.1, -0.05) is 6.92 Å². The largest absolute Gasteiger partial charge is 0.458 e. The fraction of sp³-hybridized carbons (Fsp3) is 0.360. The van der Waals surface area contributed by atoms with Crippen molar-refractivity contribution in [3.8, 4) is 17.1 Å². The topological polar surface area (TPSA) is 111 Å². The van der Waals surface area contributed by atoms with E-state index in [1.807, 2.05) is 25.1 Å². The average Bonchev–Trinajstić information content (AvgIpc) is 3.14. The Hall–Kier alpha value is -3.56. The second-order valence-corrected chi connectivity index (χ2v) is 9.04. The van der Waals surface area contributed by atoms with Gasteiger partial charge in [0.1, 0.15) is 12.4 Å². The predicted octanol–water partition coefficient (Wildman–Crippen LogP) is 2.07. The normalized spacial score (nSPS) is 18.5. The molecule has 2 aromatic heterocycles. The number of fused-ring (bicyclic) bond motifs is 5. The smallest absolute Gasteiger partial charge is 0.343 e. The molecule has 176 valence electrons. The van der Waals surface area contributed by atoms with E-state index in [1.165, 1.54) is 6.92 Å². The first-order chi connectivity index (χ1) is 16.1. The summed E-state index contributed by atoms with van der Waals surface area (Å²) in [5.41, 5.74) is 1.94. The van der Waals surface area contributed by atoms with E-state index >= 15 is 0 Å². The summed E-state index contributed by atoms with van der Waals surface area (Å²) >= 11 is 0. The van der Waals surface area contributed by atoms with Crippen LogP contribution in [0.5, 0.6) is 5.75 Å². The number of rotatable bonds is 4. The predicted molar refractivity (Wildman–Crippen MR) is 123 cm³/mol. The number of aromatic nitrogens is 2. The molecule has 0 spiro atoms. The maximum absolute atomic E-state index is 13.3. The summed E-state index contributed by atoms with van der Waals surface area (Å²) in [7, 11) is 3.85. The maximum Gasteiger partial charge on any atom is 0.343 e. The van der Waals surface area contributed by atoms with Crippen LogP contribution in [0.2, 0.25) is 0 Å². The maximum atomic E-state index is 13.3. The Balaban J connectivity index is 1.73. The summed E-state index contributed by atoms with van der Waals surface area (Å²) in [6.07, 6.45) is 0.0898. The molecular weight excluding hydrogens is 438 g/mol. The van der Waals surface area contributed by atoms with E-state index in [0.29, 0.717) is 35.7 Å². The third-order valence-electron chi connectivity index (χ3n) is 6.49. The Kier molecular flexibility index (Phi) is 5.07. The lowest BCUT2D eigenvalue weighted by Crippen LogP contribution is -2.44. The van der Waals surface area contributed by atoms with Gasteiger partial charge in [0.15, 0.2) is 5.60 Å². The number of nitrogens with zero attached hydrogens (tertiary/aromatic N) is 3. The molecule has 0 saturated carbocycles. The van der Waals surface area contributed by atoms with Crippen molar-refractivity contribution in [2.45, 2.75) is 45.6 Å². The van der Waals surface area contributed by atoms with Crippen molar-refractivity contribution < 1.29 is 24.2 Å². The number of cyclic esters (lactones) is 1. The van der Waals surface area contributed by atoms with E-state index < -0.39 is 17.5 Å². The van der Waals surface area contributed by atoms with Crippen LogP contribution in [0.4, 0.5) is 0 Å². The van der Waals surface area contributed by atoms with E-state index in [0.717, 1.165) is 16.5 Å². The summed E-state index contributed by atoms with van der Waals surface area (Å²) in [4.78, 5) is 44.1. The van der Waals surface area contributed by atoms with E-state index in [1.54, 1.807) is 29.7 Å². The lowest BCUT2D eigenvalue weighted by atomic mass is 9.86. The van der Waals surface area contributed by atoms with E-state index in [2.05, 4.69) is 0 Å². The number of hydrogen-bond acceptors (Lipinski definition) is 8. The number of carbonyl (C=O) groups excluding carboxylic acids is 2. The number of benzene rings is 1. The van der Waals surface area contributed by atoms with Crippen molar-refractivity contribution in [3.63, 3.8) is 0 Å². The van der Waals surface area contributed by atoms with Gasteiger partial charge in [0.25, 0.3) is 5.56 Å². The van der Waals surface area contributed by atoms with Crippen molar-refractivity contribution in [2.24, 2.45) is 0 Å². The van der Waals surface area contributed by atoms with Crippen LogP contribution in [0, 0.1) is 0 Å². The van der Waals surface area contributed by atoms with E-state index in [-0.39, 0.29) is 29.7 Å². The highest BCUT2D eigenvalue weighted by atomic mass is 16.6. The average molecular weight is 463 g/mol. The first kappa shape index (κ1) is 22.2. The molecule has 9 heteroatoms. The molecule has 34 heavy (non-hydrogen) atoms. The lowest BCUT2D eigenvalue weighted by Gasteiger charge is -2.31. The molecule has 0 bridgehead atoms. The molecule has 5 rings (SSSR count). The van der Waals surface area contributed by atoms with Gasteiger partial charge in [0, 0.05) is 35.5 Å². The minimum Gasteiger partial charge on any atom is -0.458 e. The molecule has 4 heterocycles. The number of aliphatic hydroxyl groups is 1. The third kappa shape index (κ3) is 3.23. The Morgan fingerprint density at radius 3 is 2.74 bits per heavy atom. The fourth-order valence-electron chi connectivity index (χ4n) is 4.82. The van der Waals surface area contributed by atoms with Gasteiger partial charge >= 0.3 is 11.9 Å². The molecule has 0 aliphatic carbocycles. The molecule has 0 amide bonds. The monoisotopic (exact) mass is 463 g/mol. The Morgan fingerprint density at radius 2 is 2.06 bits per heavy atom. The number of pyridine rings is 2. The van der Waals surface area contributed by atoms with Crippen LogP contribution in [0.1, 0.15) is 42.5 Å². The quantitative estimate of drug-likeness (QED) is 0.362. The zero-order valence-corrected chi connectivity index (χ0v) is 19.5. The van der Waals surface area contributed by atoms with Gasteiger partial charge in [-0.2, -0.15) is 0 Å². The zero-order valence-electron chi connectivity index (χ0n) is 19.5. The summed E-state index contributed by atoms with van der Waals surface area (Å²) in [6.45, 7) is 3.71. The molecule has 2 aliphatic rings. The minimum absolute atomic E-state index is 0.0898. The van der Waals surface area contributed by atoms with Crippen molar-refractivity contribution >= 4 is 22.8 Å². The van der Waals surface area contributed by atoms with Gasteiger partial charge in [-0.05, 0) is 44.8 Å². The van der Waals surface area contributed by atoms with Crippen molar-refractivity contribution in [1.29, 1.82) is 0 Å². The van der Waals surface area contributed by atoms with Crippen molar-refractivity contribution in [2.75, 3.05) is 14.1 Å². The molecule has 2 aliphatic heterocycles. The van der Waals surface area contributed by atoms with Gasteiger partial charge in [0.2, 0.25) is 0 Å². The molecule has 9 nitrogen and oxygen atoms in total. The molecule has 1 unspecified atom stereocenters. The summed E-state index contributed by atoms with van der Waals surface area (Å²) < 4.78 is 12.2. The number of ether oxygens (including phenoxy) is 2. The highest BCUT2D eigenvalue weighted by molar-refractivity contribution is 5.90. The highest BCUT2D eigenvalue weighted by Gasteiger charge is 2.45. The van der Waals surface area contributed by atoms with Gasteiger partial charge in [0.05, 0.1) is 29.0 Å². The first-order valence-electron chi connectivity index (χ1n) is 11.1. The van der Waals surface area contributed by atoms with Crippen LogP contribution in [0.25, 0.3) is 22.3 Å². The summed E-state index contributed by atoms with van der Waals surface area (Å²) in [6, 6.07) is 7.18. The standard InChI is InChI=1S/C25H25N3O6/c1-5-25(32)18-9-20-22-14(10-28(20)23(30)17(18)12-33-24(25)31)8-15-16(11-27(3)4)21(34-13(2)29)7-6-19(15)26-22/h6-9,32H,5,10-12H2,1-4H3. The second kappa shape index (κ2) is 7.75. The molecule has 1 N–H and O–H groups in total. The molecule has 3 aromatic rings. The van der Waals surface area contributed by atoms with Crippen LogP contribution >= 0.6 is 0 Å². The van der Waals surface area contributed by atoms with Crippen LogP contribution in [0.3, 0.4) is 0 Å². The number of carbonyl (C=O) groups is 2. The molecule has 0 saturated heterocycles. The Morgan fingerprint density at radius 1 is 1.29 bits per heavy atom. The molecule has 1 aromatic carbocycles. The minimum atomic E-state index is -1.86. The Bertz CT molecular complexity index is 1440. The zero-order chi connectivity index (χ0) is 24.4. The van der Waals surface area contributed by atoms with Gasteiger partial charge in [-0.15, -0.1) is 0 Å². The fourth-order valence-corrected chi connectivity index (χ4v) is 4.82. The lowest BCUT2D eigenvalue weighted by molar-refractivity contribution is -0.172. The highest BCUT2D eigenvalue weighted by Crippen LogP contribution is 2.39. The summed E-state index contributed by atoms with van der Waals surface area (Å²) in [5.74, 6) is -0.677. The molecule has 0 fully saturated rings. The van der Waals surface area contributed by atoms with Crippen LogP contribution in [-0.4, -0.2) is 45.6 Å². The number of hydrogen-bond donors (Lipinski definition) is 1.